The van der Waals surface area contributed by atoms with Crippen molar-refractivity contribution in [3.63, 3.8) is 0 Å². The molecule has 190 valence electrons. The summed E-state index contributed by atoms with van der Waals surface area (Å²) in [5.41, 5.74) is 0. The molecule has 0 unspecified atom stereocenters. The molecule has 0 aromatic heterocycles. The third-order valence-electron chi connectivity index (χ3n) is 3.64. The van der Waals surface area contributed by atoms with Gasteiger partial charge in [0.25, 0.3) is 0 Å². The maximum atomic E-state index is 11.1. The molecule has 0 aliphatic carbocycles. The first-order chi connectivity index (χ1) is 15.8. The van der Waals surface area contributed by atoms with Crippen LogP contribution < -0.4 is 0 Å². The van der Waals surface area contributed by atoms with Crippen LogP contribution in [0.5, 0.6) is 0 Å². The predicted molar refractivity (Wildman–Crippen MR) is 118 cm³/mol. The smallest absolute Gasteiger partial charge is 0.305 e. The Balaban J connectivity index is 3.04. The first-order valence-corrected chi connectivity index (χ1v) is 11.2. The van der Waals surface area contributed by atoms with Gasteiger partial charge in [0, 0.05) is 6.42 Å². The van der Waals surface area contributed by atoms with Crippen molar-refractivity contribution in [3.8, 4) is 0 Å². The largest absolute Gasteiger partial charge is 0.499 e. The highest BCUT2D eigenvalue weighted by Gasteiger charge is 1.99. The molecule has 0 heterocycles. The topological polar surface area (TPSA) is 100 Å². The van der Waals surface area contributed by atoms with Gasteiger partial charge in [-0.2, -0.15) is 0 Å². The summed E-state index contributed by atoms with van der Waals surface area (Å²) in [6.45, 7) is 13.1. The molecule has 0 radical (unpaired) electrons. The van der Waals surface area contributed by atoms with Gasteiger partial charge in [0.05, 0.1) is 98.8 Å². The van der Waals surface area contributed by atoms with Gasteiger partial charge >= 0.3 is 5.97 Å². The van der Waals surface area contributed by atoms with E-state index in [-0.39, 0.29) is 12.6 Å². The zero-order chi connectivity index (χ0) is 23.4. The Hall–Kier alpha value is -1.27. The molecule has 0 fully saturated rings. The average Bonchev–Trinajstić information content (AvgIpc) is 2.79. The summed E-state index contributed by atoms with van der Waals surface area (Å²) in [5, 5.41) is 0. The van der Waals surface area contributed by atoms with Crippen molar-refractivity contribution < 1.29 is 47.4 Å². The van der Waals surface area contributed by atoms with Crippen LogP contribution >= 0.6 is 0 Å². The average molecular weight is 467 g/mol. The van der Waals surface area contributed by atoms with Crippen LogP contribution in [0.15, 0.2) is 12.8 Å². The SMILES string of the molecule is C=COCCOCCOCCOCCOCCOCCOCCOCCOC(=O)CCC. The molecule has 0 bridgehead atoms. The highest BCUT2D eigenvalue weighted by molar-refractivity contribution is 5.69. The van der Waals surface area contributed by atoms with Crippen LogP contribution in [0.25, 0.3) is 0 Å². The van der Waals surface area contributed by atoms with E-state index >= 15 is 0 Å². The Morgan fingerprint density at radius 1 is 0.562 bits per heavy atom. The quantitative estimate of drug-likeness (QED) is 0.101. The molecular weight excluding hydrogens is 424 g/mol. The van der Waals surface area contributed by atoms with Crippen molar-refractivity contribution >= 4 is 5.97 Å². The number of esters is 1. The van der Waals surface area contributed by atoms with Crippen molar-refractivity contribution in [3.05, 3.63) is 12.8 Å². The summed E-state index contributed by atoms with van der Waals surface area (Å²) in [6, 6.07) is 0. The fourth-order valence-electron chi connectivity index (χ4n) is 2.10. The molecule has 10 heteroatoms. The molecule has 0 saturated heterocycles. The van der Waals surface area contributed by atoms with Crippen LogP contribution in [0.2, 0.25) is 0 Å². The van der Waals surface area contributed by atoms with Gasteiger partial charge in [-0.15, -0.1) is 0 Å². The first-order valence-electron chi connectivity index (χ1n) is 11.2. The van der Waals surface area contributed by atoms with Crippen LogP contribution in [0.3, 0.4) is 0 Å². The van der Waals surface area contributed by atoms with E-state index in [9.17, 15) is 4.79 Å². The zero-order valence-corrected chi connectivity index (χ0v) is 19.6. The Kier molecular flexibility index (Phi) is 26.7. The second kappa shape index (κ2) is 27.8. The van der Waals surface area contributed by atoms with Crippen LogP contribution in [0.1, 0.15) is 19.8 Å². The highest BCUT2D eigenvalue weighted by atomic mass is 16.6. The van der Waals surface area contributed by atoms with Crippen LogP contribution in [0, 0.1) is 0 Å². The van der Waals surface area contributed by atoms with Gasteiger partial charge < -0.3 is 42.6 Å². The molecule has 32 heavy (non-hydrogen) atoms. The number of hydrogen-bond donors (Lipinski definition) is 0. The lowest BCUT2D eigenvalue weighted by Crippen LogP contribution is -2.15. The molecular formula is C22H42O10. The maximum absolute atomic E-state index is 11.1. The van der Waals surface area contributed by atoms with Gasteiger partial charge in [-0.05, 0) is 6.42 Å². The minimum atomic E-state index is -0.185. The van der Waals surface area contributed by atoms with E-state index in [1.807, 2.05) is 6.92 Å². The lowest BCUT2D eigenvalue weighted by Gasteiger charge is -2.08. The molecule has 0 amide bonds. The summed E-state index contributed by atoms with van der Waals surface area (Å²) >= 11 is 0. The third kappa shape index (κ3) is 26.8. The summed E-state index contributed by atoms with van der Waals surface area (Å²) in [6.07, 6.45) is 2.63. The van der Waals surface area contributed by atoms with Crippen molar-refractivity contribution in [1.29, 1.82) is 0 Å². The molecule has 10 nitrogen and oxygen atoms in total. The van der Waals surface area contributed by atoms with Gasteiger partial charge in [0.15, 0.2) is 0 Å². The molecule has 0 rings (SSSR count). The van der Waals surface area contributed by atoms with E-state index in [1.165, 1.54) is 6.26 Å². The van der Waals surface area contributed by atoms with E-state index < -0.39 is 0 Å². The summed E-state index contributed by atoms with van der Waals surface area (Å²) in [7, 11) is 0. The van der Waals surface area contributed by atoms with Crippen molar-refractivity contribution in [1.82, 2.24) is 0 Å². The fraction of sp³-hybridized carbons (Fsp3) is 0.864. The van der Waals surface area contributed by atoms with Crippen LogP contribution in [0.4, 0.5) is 0 Å². The van der Waals surface area contributed by atoms with E-state index in [4.69, 9.17) is 42.6 Å². The summed E-state index contributed by atoms with van der Waals surface area (Å²) in [5.74, 6) is -0.185. The number of carbonyl (C=O) groups is 1. The van der Waals surface area contributed by atoms with Crippen LogP contribution in [-0.4, -0.2) is 112 Å². The Bertz CT molecular complexity index is 395. The van der Waals surface area contributed by atoms with Crippen molar-refractivity contribution in [2.24, 2.45) is 0 Å². The molecule has 0 atom stereocenters. The van der Waals surface area contributed by atoms with E-state index in [0.717, 1.165) is 6.42 Å². The van der Waals surface area contributed by atoms with Gasteiger partial charge in [0.1, 0.15) is 13.2 Å². The number of ether oxygens (including phenoxy) is 9. The lowest BCUT2D eigenvalue weighted by molar-refractivity contribution is -0.145. The Morgan fingerprint density at radius 2 is 0.875 bits per heavy atom. The monoisotopic (exact) mass is 466 g/mol. The summed E-state index contributed by atoms with van der Waals surface area (Å²) < 4.78 is 47.5. The molecule has 0 aliphatic heterocycles. The second-order valence-electron chi connectivity index (χ2n) is 6.29. The molecule has 0 saturated carbocycles. The van der Waals surface area contributed by atoms with Gasteiger partial charge in [-0.1, -0.05) is 13.5 Å². The highest BCUT2D eigenvalue weighted by Crippen LogP contribution is 1.91. The molecule has 0 aliphatic rings. The van der Waals surface area contributed by atoms with Crippen molar-refractivity contribution in [2.45, 2.75) is 19.8 Å². The van der Waals surface area contributed by atoms with Crippen molar-refractivity contribution in [2.75, 3.05) is 106 Å². The molecule has 0 N–H and O–H groups in total. The molecule has 0 aromatic carbocycles. The minimum Gasteiger partial charge on any atom is -0.499 e. The third-order valence-corrected chi connectivity index (χ3v) is 3.64. The standard InChI is InChI=1S/C22H42O10/c1-3-5-22(23)32-21-20-31-19-18-30-17-16-29-15-14-28-13-12-27-11-10-26-9-8-25-7-6-24-4-2/h4H,2-3,5-21H2,1H3. The van der Waals surface area contributed by atoms with Crippen LogP contribution in [-0.2, 0) is 47.4 Å². The van der Waals surface area contributed by atoms with Gasteiger partial charge in [-0.25, -0.2) is 0 Å². The lowest BCUT2D eigenvalue weighted by atomic mass is 10.3. The minimum absolute atomic E-state index is 0.185. The normalized spacial score (nSPS) is 10.9. The molecule has 0 spiro atoms. The summed E-state index contributed by atoms with van der Waals surface area (Å²) in [4.78, 5) is 11.1. The predicted octanol–water partition coefficient (Wildman–Crippen LogP) is 1.61. The number of rotatable bonds is 27. The fourth-order valence-corrected chi connectivity index (χ4v) is 2.10. The number of hydrogen-bond acceptors (Lipinski definition) is 10. The second-order valence-corrected chi connectivity index (χ2v) is 6.29. The zero-order valence-electron chi connectivity index (χ0n) is 19.6. The maximum Gasteiger partial charge on any atom is 0.305 e. The van der Waals surface area contributed by atoms with E-state index in [1.54, 1.807) is 0 Å². The Morgan fingerprint density at radius 3 is 1.19 bits per heavy atom. The van der Waals surface area contributed by atoms with E-state index in [2.05, 4.69) is 6.58 Å². The van der Waals surface area contributed by atoms with Gasteiger partial charge in [-0.3, -0.25) is 4.79 Å². The number of carbonyl (C=O) groups excluding carboxylic acids is 1. The Labute approximate surface area is 192 Å². The van der Waals surface area contributed by atoms with E-state index in [0.29, 0.717) is 106 Å². The first kappa shape index (κ1) is 30.7. The molecule has 0 aromatic rings. The van der Waals surface area contributed by atoms with Gasteiger partial charge in [0.2, 0.25) is 0 Å².